The molecule has 0 spiro atoms. The molecule has 2 fully saturated rings. The minimum atomic E-state index is -3.59. The number of anilines is 3. The Morgan fingerprint density at radius 1 is 1.02 bits per heavy atom. The van der Waals surface area contributed by atoms with Gasteiger partial charge in [-0.25, -0.2) is 13.2 Å². The third-order valence-electron chi connectivity index (χ3n) is 8.18. The predicted octanol–water partition coefficient (Wildman–Crippen LogP) is 4.18. The standard InChI is InChI=1S/C31H43N5O6S/c1-31(2,3)20-17-25(29(41-4)26(18-20)34-43(5,39)40)33-30(38)32-24-11-12-27(23-8-6-7-22(23)24)42-16-15-35-13-14-36(21-9-10-21)28(37)19-35/h11-12,17-18,21,34H,6-10,13-16,19H2,1-5H3,(H2,32,33,38). The van der Waals surface area contributed by atoms with Crippen molar-refractivity contribution in [3.05, 3.63) is 41.0 Å². The first-order chi connectivity index (χ1) is 20.3. The number of amides is 3. The molecule has 1 saturated heterocycles. The van der Waals surface area contributed by atoms with Gasteiger partial charge in [-0.2, -0.15) is 0 Å². The number of ether oxygens (including phenoxy) is 2. The van der Waals surface area contributed by atoms with E-state index >= 15 is 0 Å². The Labute approximate surface area is 254 Å². The number of piperazine rings is 1. The highest BCUT2D eigenvalue weighted by molar-refractivity contribution is 7.92. The Bertz CT molecular complexity index is 1500. The maximum absolute atomic E-state index is 13.3. The molecule has 0 bridgehead atoms. The van der Waals surface area contributed by atoms with Crippen molar-refractivity contribution in [1.29, 1.82) is 0 Å². The summed E-state index contributed by atoms with van der Waals surface area (Å²) in [5.74, 6) is 1.25. The van der Waals surface area contributed by atoms with Crippen LogP contribution in [0.4, 0.5) is 21.9 Å². The Kier molecular flexibility index (Phi) is 8.80. The van der Waals surface area contributed by atoms with Crippen molar-refractivity contribution in [2.75, 3.05) is 61.5 Å². The lowest BCUT2D eigenvalue weighted by Gasteiger charge is -2.34. The van der Waals surface area contributed by atoms with Crippen LogP contribution in [0.5, 0.6) is 11.5 Å². The molecule has 3 aliphatic rings. The normalized spacial score (nSPS) is 17.4. The molecule has 11 nitrogen and oxygen atoms in total. The molecule has 2 aliphatic carbocycles. The topological polar surface area (TPSA) is 129 Å². The number of rotatable bonds is 10. The number of hydrogen-bond donors (Lipinski definition) is 3. The molecular weight excluding hydrogens is 570 g/mol. The lowest BCUT2D eigenvalue weighted by atomic mass is 9.86. The van der Waals surface area contributed by atoms with Gasteiger partial charge in [0.05, 0.1) is 31.3 Å². The number of sulfonamides is 1. The van der Waals surface area contributed by atoms with Crippen molar-refractivity contribution < 1.29 is 27.5 Å². The third-order valence-corrected chi connectivity index (χ3v) is 8.77. The molecule has 1 saturated carbocycles. The van der Waals surface area contributed by atoms with E-state index in [9.17, 15) is 18.0 Å². The number of fused-ring (bicyclic) bond motifs is 1. The highest BCUT2D eigenvalue weighted by Crippen LogP contribution is 2.40. The second-order valence-corrected chi connectivity index (χ2v) is 14.4. The molecule has 1 heterocycles. The van der Waals surface area contributed by atoms with Crippen LogP contribution in [0.1, 0.15) is 56.7 Å². The van der Waals surface area contributed by atoms with Crippen LogP contribution in [-0.2, 0) is 33.1 Å². The summed E-state index contributed by atoms with van der Waals surface area (Å²) >= 11 is 0. The molecule has 43 heavy (non-hydrogen) atoms. The number of carbonyl (C=O) groups excluding carboxylic acids is 2. The van der Waals surface area contributed by atoms with Gasteiger partial charge in [0.1, 0.15) is 12.4 Å². The summed E-state index contributed by atoms with van der Waals surface area (Å²) in [7, 11) is -2.15. The average Bonchev–Trinajstić information content (AvgIpc) is 3.62. The van der Waals surface area contributed by atoms with Crippen LogP contribution < -0.4 is 24.8 Å². The van der Waals surface area contributed by atoms with Crippen LogP contribution in [-0.4, -0.2) is 82.3 Å². The molecule has 0 radical (unpaired) electrons. The maximum atomic E-state index is 13.3. The van der Waals surface area contributed by atoms with Gasteiger partial charge in [-0.3, -0.25) is 14.4 Å². The predicted molar refractivity (Wildman–Crippen MR) is 168 cm³/mol. The lowest BCUT2D eigenvalue weighted by Crippen LogP contribution is -2.51. The highest BCUT2D eigenvalue weighted by Gasteiger charge is 2.35. The maximum Gasteiger partial charge on any atom is 0.323 e. The summed E-state index contributed by atoms with van der Waals surface area (Å²) < 4.78 is 38.3. The van der Waals surface area contributed by atoms with Gasteiger partial charge in [-0.1, -0.05) is 20.8 Å². The fourth-order valence-corrected chi connectivity index (χ4v) is 6.39. The number of methoxy groups -OCH3 is 1. The minimum absolute atomic E-state index is 0.217. The molecule has 0 unspecified atom stereocenters. The summed E-state index contributed by atoms with van der Waals surface area (Å²) in [5.41, 5.74) is 3.97. The monoisotopic (exact) mass is 613 g/mol. The summed E-state index contributed by atoms with van der Waals surface area (Å²) in [6, 6.07) is 7.27. The van der Waals surface area contributed by atoms with Gasteiger partial charge >= 0.3 is 6.03 Å². The van der Waals surface area contributed by atoms with E-state index in [1.54, 1.807) is 12.1 Å². The van der Waals surface area contributed by atoms with Gasteiger partial charge in [-0.15, -0.1) is 0 Å². The van der Waals surface area contributed by atoms with Gasteiger partial charge in [0.2, 0.25) is 15.9 Å². The zero-order chi connectivity index (χ0) is 30.9. The van der Waals surface area contributed by atoms with Crippen molar-refractivity contribution in [3.8, 4) is 11.5 Å². The minimum Gasteiger partial charge on any atom is -0.492 e. The summed E-state index contributed by atoms with van der Waals surface area (Å²) in [5, 5.41) is 5.84. The summed E-state index contributed by atoms with van der Waals surface area (Å²) in [6.07, 6.45) is 5.99. The van der Waals surface area contributed by atoms with Crippen LogP contribution >= 0.6 is 0 Å². The van der Waals surface area contributed by atoms with E-state index in [4.69, 9.17) is 9.47 Å². The van der Waals surface area contributed by atoms with E-state index in [1.165, 1.54) is 7.11 Å². The Balaban J connectivity index is 1.25. The first-order valence-electron chi connectivity index (χ1n) is 14.9. The second kappa shape index (κ2) is 12.2. The van der Waals surface area contributed by atoms with Gasteiger partial charge in [0, 0.05) is 31.4 Å². The number of carbonyl (C=O) groups is 2. The number of nitrogens with one attached hydrogen (secondary N) is 3. The van der Waals surface area contributed by atoms with Gasteiger partial charge in [0.15, 0.2) is 5.75 Å². The molecule has 3 N–H and O–H groups in total. The first kappa shape index (κ1) is 30.9. The smallest absolute Gasteiger partial charge is 0.323 e. The Morgan fingerprint density at radius 2 is 1.72 bits per heavy atom. The molecule has 2 aromatic rings. The van der Waals surface area contributed by atoms with E-state index in [0.717, 1.165) is 73.9 Å². The van der Waals surface area contributed by atoms with Crippen molar-refractivity contribution in [1.82, 2.24) is 9.80 Å². The zero-order valence-electron chi connectivity index (χ0n) is 25.7. The highest BCUT2D eigenvalue weighted by atomic mass is 32.2. The molecule has 1 aliphatic heterocycles. The van der Waals surface area contributed by atoms with Crippen LogP contribution in [0.15, 0.2) is 24.3 Å². The fourth-order valence-electron chi connectivity index (χ4n) is 5.83. The average molecular weight is 614 g/mol. The summed E-state index contributed by atoms with van der Waals surface area (Å²) in [6.45, 7) is 9.31. The zero-order valence-corrected chi connectivity index (χ0v) is 26.5. The van der Waals surface area contributed by atoms with Gasteiger partial charge in [-0.05, 0) is 78.5 Å². The second-order valence-electron chi connectivity index (χ2n) is 12.7. The van der Waals surface area contributed by atoms with E-state index < -0.39 is 16.1 Å². The van der Waals surface area contributed by atoms with E-state index in [2.05, 4.69) is 20.3 Å². The molecule has 3 amide bonds. The van der Waals surface area contributed by atoms with Crippen LogP contribution in [0.25, 0.3) is 0 Å². The number of benzene rings is 2. The summed E-state index contributed by atoms with van der Waals surface area (Å²) in [4.78, 5) is 29.9. The number of hydrogen-bond acceptors (Lipinski definition) is 7. The fraction of sp³-hybridized carbons (Fsp3) is 0.548. The van der Waals surface area contributed by atoms with Crippen molar-refractivity contribution >= 4 is 39.0 Å². The van der Waals surface area contributed by atoms with E-state index in [1.807, 2.05) is 37.8 Å². The largest absolute Gasteiger partial charge is 0.492 e. The van der Waals surface area contributed by atoms with Crippen LogP contribution in [0.3, 0.4) is 0 Å². The lowest BCUT2D eigenvalue weighted by molar-refractivity contribution is -0.136. The number of nitrogens with zero attached hydrogens (tertiary/aromatic N) is 2. The molecular formula is C31H43N5O6S. The molecule has 2 aromatic carbocycles. The first-order valence-corrected chi connectivity index (χ1v) is 16.8. The van der Waals surface area contributed by atoms with Gasteiger partial charge in [0.25, 0.3) is 0 Å². The van der Waals surface area contributed by atoms with Crippen LogP contribution in [0, 0.1) is 0 Å². The van der Waals surface area contributed by atoms with Crippen LogP contribution in [0.2, 0.25) is 0 Å². The van der Waals surface area contributed by atoms with Crippen molar-refractivity contribution in [2.45, 2.75) is 64.3 Å². The molecule has 234 valence electrons. The quantitative estimate of drug-likeness (QED) is 0.367. The SMILES string of the molecule is COc1c(NC(=O)Nc2ccc(OCCN3CCN(C4CC4)C(=O)C3)c3c2CCC3)cc(C(C)(C)C)cc1NS(C)(=O)=O. The Morgan fingerprint density at radius 3 is 2.37 bits per heavy atom. The molecule has 12 heteroatoms. The van der Waals surface area contributed by atoms with E-state index in [-0.39, 0.29) is 22.8 Å². The third kappa shape index (κ3) is 7.53. The van der Waals surface area contributed by atoms with E-state index in [0.29, 0.717) is 37.1 Å². The van der Waals surface area contributed by atoms with Crippen molar-refractivity contribution in [3.63, 3.8) is 0 Å². The number of urea groups is 1. The van der Waals surface area contributed by atoms with Gasteiger partial charge < -0.3 is 25.0 Å². The van der Waals surface area contributed by atoms with Crippen molar-refractivity contribution in [2.24, 2.45) is 0 Å². The molecule has 0 atom stereocenters. The Hall–Kier alpha value is -3.51. The molecule has 5 rings (SSSR count). The molecule has 0 aromatic heterocycles.